The summed E-state index contributed by atoms with van der Waals surface area (Å²) in [5, 5.41) is 8.03. The van der Waals surface area contributed by atoms with E-state index in [1.807, 2.05) is 57.2 Å². The minimum atomic E-state index is -0.624. The lowest BCUT2D eigenvalue weighted by Crippen LogP contribution is -2.10. The van der Waals surface area contributed by atoms with E-state index in [-0.39, 0.29) is 5.89 Å². The molecule has 0 aliphatic heterocycles. The third-order valence-corrected chi connectivity index (χ3v) is 4.11. The van der Waals surface area contributed by atoms with Crippen LogP contribution in [0.5, 0.6) is 0 Å². The van der Waals surface area contributed by atoms with Crippen molar-refractivity contribution in [2.75, 3.05) is 0 Å². The molecule has 2 aromatic carbocycles. The van der Waals surface area contributed by atoms with Gasteiger partial charge in [0.05, 0.1) is 5.56 Å². The third-order valence-electron chi connectivity index (χ3n) is 4.11. The normalized spacial score (nSPS) is 12.0. The maximum atomic E-state index is 12.3. The Morgan fingerprint density at radius 3 is 2.40 bits per heavy atom. The molecule has 0 saturated heterocycles. The summed E-state index contributed by atoms with van der Waals surface area (Å²) in [6.07, 6.45) is -0.624. The molecule has 0 amide bonds. The Balaban J connectivity index is 1.73. The molecule has 3 rings (SSSR count). The number of nitrogens with zero attached hydrogens (tertiary/aromatic N) is 2. The van der Waals surface area contributed by atoms with E-state index in [1.54, 1.807) is 13.0 Å². The molecule has 0 aliphatic rings. The van der Waals surface area contributed by atoms with Crippen LogP contribution in [-0.2, 0) is 4.74 Å². The van der Waals surface area contributed by atoms with E-state index in [0.29, 0.717) is 11.5 Å². The topological polar surface area (TPSA) is 65.2 Å². The molecule has 0 spiro atoms. The zero-order chi connectivity index (χ0) is 18.0. The smallest absolute Gasteiger partial charge is 0.338 e. The molecule has 0 radical (unpaired) electrons. The highest BCUT2D eigenvalue weighted by Gasteiger charge is 2.20. The summed E-state index contributed by atoms with van der Waals surface area (Å²) in [5.41, 5.74) is 4.66. The zero-order valence-electron chi connectivity index (χ0n) is 14.7. The van der Waals surface area contributed by atoms with Gasteiger partial charge in [-0.1, -0.05) is 23.8 Å². The van der Waals surface area contributed by atoms with Crippen LogP contribution in [0.3, 0.4) is 0 Å². The van der Waals surface area contributed by atoms with E-state index < -0.39 is 12.1 Å². The Morgan fingerprint density at radius 2 is 1.72 bits per heavy atom. The van der Waals surface area contributed by atoms with Gasteiger partial charge >= 0.3 is 5.97 Å². The van der Waals surface area contributed by atoms with Gasteiger partial charge in [-0.15, -0.1) is 10.2 Å². The van der Waals surface area contributed by atoms with Crippen molar-refractivity contribution in [3.63, 3.8) is 0 Å². The van der Waals surface area contributed by atoms with Crippen molar-refractivity contribution in [1.29, 1.82) is 0 Å². The monoisotopic (exact) mass is 336 g/mol. The van der Waals surface area contributed by atoms with Crippen molar-refractivity contribution in [2.45, 2.75) is 33.8 Å². The van der Waals surface area contributed by atoms with Crippen LogP contribution >= 0.6 is 0 Å². The van der Waals surface area contributed by atoms with Gasteiger partial charge in [0.2, 0.25) is 5.89 Å². The first-order chi connectivity index (χ1) is 11.9. The van der Waals surface area contributed by atoms with E-state index >= 15 is 0 Å². The summed E-state index contributed by atoms with van der Waals surface area (Å²) in [7, 11) is 0. The fourth-order valence-corrected chi connectivity index (χ4v) is 2.36. The van der Waals surface area contributed by atoms with Gasteiger partial charge in [-0.2, -0.15) is 0 Å². The van der Waals surface area contributed by atoms with Crippen LogP contribution in [-0.4, -0.2) is 16.2 Å². The first-order valence-corrected chi connectivity index (χ1v) is 8.12. The largest absolute Gasteiger partial charge is 0.449 e. The van der Waals surface area contributed by atoms with Gasteiger partial charge in [0.25, 0.3) is 5.89 Å². The fraction of sp³-hybridized carbons (Fsp3) is 0.250. The molecule has 5 nitrogen and oxygen atoms in total. The molecule has 3 aromatic rings. The number of rotatable bonds is 4. The molecule has 0 N–H and O–H groups in total. The predicted molar refractivity (Wildman–Crippen MR) is 94.2 cm³/mol. The SMILES string of the molecule is Cc1ccc(-c2nnc([C@@H](C)OC(=O)c3ccc(C)c(C)c3)o2)cc1. The zero-order valence-corrected chi connectivity index (χ0v) is 14.7. The van der Waals surface area contributed by atoms with Crippen LogP contribution in [0.4, 0.5) is 0 Å². The second-order valence-corrected chi connectivity index (χ2v) is 6.16. The Hall–Kier alpha value is -2.95. The standard InChI is InChI=1S/C20H20N2O3/c1-12-5-8-16(9-6-12)19-22-21-18(25-19)15(4)24-20(23)17-10-7-13(2)14(3)11-17/h5-11,15H,1-4H3/t15-/m1/s1. The van der Waals surface area contributed by atoms with Gasteiger partial charge in [0.1, 0.15) is 0 Å². The number of ether oxygens (including phenoxy) is 1. The predicted octanol–water partition coefficient (Wildman–Crippen LogP) is 4.58. The lowest BCUT2D eigenvalue weighted by Gasteiger charge is -2.10. The number of benzene rings is 2. The molecule has 0 unspecified atom stereocenters. The van der Waals surface area contributed by atoms with Crippen molar-refractivity contribution >= 4 is 5.97 Å². The van der Waals surface area contributed by atoms with Crippen LogP contribution in [0.2, 0.25) is 0 Å². The van der Waals surface area contributed by atoms with E-state index in [9.17, 15) is 4.79 Å². The summed E-state index contributed by atoms with van der Waals surface area (Å²) in [5.74, 6) is 0.266. The molecule has 1 heterocycles. The number of carbonyl (C=O) groups excluding carboxylic acids is 1. The lowest BCUT2D eigenvalue weighted by molar-refractivity contribution is 0.0280. The Bertz CT molecular complexity index is 898. The summed E-state index contributed by atoms with van der Waals surface area (Å²) >= 11 is 0. The molecular weight excluding hydrogens is 316 g/mol. The second kappa shape index (κ2) is 6.89. The molecule has 128 valence electrons. The second-order valence-electron chi connectivity index (χ2n) is 6.16. The number of aryl methyl sites for hydroxylation is 3. The van der Waals surface area contributed by atoms with Gasteiger partial charge in [0.15, 0.2) is 6.10 Å². The number of aromatic nitrogens is 2. The average Bonchev–Trinajstić information content (AvgIpc) is 3.08. The average molecular weight is 336 g/mol. The molecule has 0 fully saturated rings. The van der Waals surface area contributed by atoms with E-state index in [4.69, 9.17) is 9.15 Å². The first kappa shape index (κ1) is 16.9. The van der Waals surface area contributed by atoms with E-state index in [0.717, 1.165) is 22.3 Å². The maximum absolute atomic E-state index is 12.3. The van der Waals surface area contributed by atoms with Crippen LogP contribution < -0.4 is 0 Å². The number of hydrogen-bond acceptors (Lipinski definition) is 5. The molecule has 25 heavy (non-hydrogen) atoms. The van der Waals surface area contributed by atoms with Crippen molar-refractivity contribution in [3.05, 3.63) is 70.6 Å². The van der Waals surface area contributed by atoms with Gasteiger partial charge in [-0.05, 0) is 63.1 Å². The summed E-state index contributed by atoms with van der Waals surface area (Å²) in [4.78, 5) is 12.3. The maximum Gasteiger partial charge on any atom is 0.338 e. The molecule has 0 aliphatic carbocycles. The van der Waals surface area contributed by atoms with Crippen LogP contribution in [0, 0.1) is 20.8 Å². The number of carbonyl (C=O) groups is 1. The van der Waals surface area contributed by atoms with Crippen LogP contribution in [0.1, 0.15) is 46.0 Å². The minimum absolute atomic E-state index is 0.271. The van der Waals surface area contributed by atoms with Gasteiger partial charge in [-0.25, -0.2) is 4.79 Å². The third kappa shape index (κ3) is 3.76. The van der Waals surface area contributed by atoms with Gasteiger partial charge < -0.3 is 9.15 Å². The first-order valence-electron chi connectivity index (χ1n) is 8.12. The minimum Gasteiger partial charge on any atom is -0.449 e. The van der Waals surface area contributed by atoms with E-state index in [1.165, 1.54) is 0 Å². The highest BCUT2D eigenvalue weighted by atomic mass is 16.6. The number of esters is 1. The van der Waals surface area contributed by atoms with Crippen molar-refractivity contribution in [2.24, 2.45) is 0 Å². The molecular formula is C20H20N2O3. The molecule has 0 bridgehead atoms. The fourth-order valence-electron chi connectivity index (χ4n) is 2.36. The van der Waals surface area contributed by atoms with Gasteiger partial charge in [0, 0.05) is 5.56 Å². The number of hydrogen-bond donors (Lipinski definition) is 0. The van der Waals surface area contributed by atoms with Gasteiger partial charge in [-0.3, -0.25) is 0 Å². The summed E-state index contributed by atoms with van der Waals surface area (Å²) in [6.45, 7) is 7.68. The van der Waals surface area contributed by atoms with Crippen molar-refractivity contribution < 1.29 is 13.9 Å². The Morgan fingerprint density at radius 1 is 1.00 bits per heavy atom. The quantitative estimate of drug-likeness (QED) is 0.652. The molecule has 5 heteroatoms. The highest BCUT2D eigenvalue weighted by molar-refractivity contribution is 5.89. The van der Waals surface area contributed by atoms with Crippen molar-refractivity contribution in [1.82, 2.24) is 10.2 Å². The molecule has 1 aromatic heterocycles. The summed E-state index contributed by atoms with van der Waals surface area (Å²) < 4.78 is 11.1. The van der Waals surface area contributed by atoms with Crippen LogP contribution in [0.25, 0.3) is 11.5 Å². The van der Waals surface area contributed by atoms with E-state index in [2.05, 4.69) is 10.2 Å². The molecule has 1 atom stereocenters. The highest BCUT2D eigenvalue weighted by Crippen LogP contribution is 2.23. The lowest BCUT2D eigenvalue weighted by atomic mass is 10.1. The summed E-state index contributed by atoms with van der Waals surface area (Å²) in [6, 6.07) is 13.2. The Kier molecular flexibility index (Phi) is 4.65. The Labute approximate surface area is 146 Å². The molecule has 0 saturated carbocycles. The van der Waals surface area contributed by atoms with Crippen molar-refractivity contribution in [3.8, 4) is 11.5 Å². The van der Waals surface area contributed by atoms with Crippen LogP contribution in [0.15, 0.2) is 46.9 Å².